The molecule has 0 saturated heterocycles. The van der Waals surface area contributed by atoms with E-state index in [0.717, 1.165) is 0 Å². The summed E-state index contributed by atoms with van der Waals surface area (Å²) in [4.78, 5) is 11.5. The number of nitrogens with one attached hydrogen (secondary N) is 1. The Labute approximate surface area is 171 Å². The van der Waals surface area contributed by atoms with Crippen molar-refractivity contribution in [3.05, 3.63) is 68.1 Å². The summed E-state index contributed by atoms with van der Waals surface area (Å²) in [7, 11) is 0. The van der Waals surface area contributed by atoms with Crippen LogP contribution >= 0.6 is 39.1 Å². The molecule has 0 saturated carbocycles. The van der Waals surface area contributed by atoms with Gasteiger partial charge in [-0.2, -0.15) is 0 Å². The topological polar surface area (TPSA) is 69.6 Å². The summed E-state index contributed by atoms with van der Waals surface area (Å²) < 4.78 is 0.591. The fraction of sp³-hybridized carbons (Fsp3) is 0.316. The molecule has 0 aliphatic carbocycles. The van der Waals surface area contributed by atoms with Gasteiger partial charge in [0, 0.05) is 14.5 Å². The van der Waals surface area contributed by atoms with Crippen LogP contribution in [-0.4, -0.2) is 16.3 Å². The van der Waals surface area contributed by atoms with Gasteiger partial charge in [0.25, 0.3) is 0 Å². The molecular formula is C19H20BrCl2NO3. The molecule has 140 valence electrons. The molecule has 0 unspecified atom stereocenters. The van der Waals surface area contributed by atoms with Crippen molar-refractivity contribution in [1.82, 2.24) is 5.32 Å². The average Bonchev–Trinajstić information content (AvgIpc) is 2.51. The Morgan fingerprint density at radius 1 is 1.12 bits per heavy atom. The number of carbonyl (C=O) groups is 1. The molecule has 26 heavy (non-hydrogen) atoms. The maximum atomic E-state index is 11.9. The molecule has 4 nitrogen and oxygen atoms in total. The second kappa shape index (κ2) is 7.77. The molecule has 0 heterocycles. The quantitative estimate of drug-likeness (QED) is 0.524. The molecule has 0 spiro atoms. The molecule has 2 aromatic carbocycles. The zero-order valence-corrected chi connectivity index (χ0v) is 17.7. The van der Waals surface area contributed by atoms with Crippen LogP contribution in [0.3, 0.4) is 0 Å². The van der Waals surface area contributed by atoms with Crippen LogP contribution < -0.4 is 5.32 Å². The Morgan fingerprint density at radius 3 is 2.23 bits per heavy atom. The lowest BCUT2D eigenvalue weighted by Crippen LogP contribution is -2.51. The molecule has 0 aromatic heterocycles. The van der Waals surface area contributed by atoms with Crippen molar-refractivity contribution in [2.75, 3.05) is 0 Å². The van der Waals surface area contributed by atoms with Crippen molar-refractivity contribution in [2.45, 2.75) is 32.4 Å². The number of amides is 1. The van der Waals surface area contributed by atoms with E-state index in [-0.39, 0.29) is 0 Å². The van der Waals surface area contributed by atoms with E-state index in [4.69, 9.17) is 23.2 Å². The maximum absolute atomic E-state index is 11.9. The molecule has 3 N–H and O–H groups in total. The van der Waals surface area contributed by atoms with Crippen molar-refractivity contribution in [3.63, 3.8) is 0 Å². The molecule has 1 amide bonds. The van der Waals surface area contributed by atoms with Gasteiger partial charge in [-0.1, -0.05) is 78.1 Å². The Morgan fingerprint density at radius 2 is 1.73 bits per heavy atom. The standard InChI is InChI=1S/C19H20BrCl2NO3/c1-18(2,3)19(26,11-5-4-6-12(21)9-11)16(23-17(24)25)14-8-7-13(22)10-15(14)20/h4-10,16,23,26H,1-3H3,(H,24,25)/t16-,19-/m1/s1. The summed E-state index contributed by atoms with van der Waals surface area (Å²) in [6.45, 7) is 5.52. The fourth-order valence-corrected chi connectivity index (χ4v) is 4.13. The van der Waals surface area contributed by atoms with Crippen LogP contribution in [0.15, 0.2) is 46.9 Å². The predicted octanol–water partition coefficient (Wildman–Crippen LogP) is 6.00. The van der Waals surface area contributed by atoms with E-state index >= 15 is 0 Å². The van der Waals surface area contributed by atoms with Crippen molar-refractivity contribution >= 4 is 45.2 Å². The van der Waals surface area contributed by atoms with Gasteiger partial charge in [0.05, 0.1) is 6.04 Å². The summed E-state index contributed by atoms with van der Waals surface area (Å²) in [5, 5.41) is 24.7. The van der Waals surface area contributed by atoms with Crippen molar-refractivity contribution < 1.29 is 15.0 Å². The van der Waals surface area contributed by atoms with Gasteiger partial charge in [-0.05, 0) is 40.8 Å². The molecule has 0 radical (unpaired) electrons. The third kappa shape index (κ3) is 4.17. The number of hydrogen-bond acceptors (Lipinski definition) is 2. The highest BCUT2D eigenvalue weighted by Crippen LogP contribution is 2.49. The number of halogens is 3. The summed E-state index contributed by atoms with van der Waals surface area (Å²) in [6, 6.07) is 10.8. The molecule has 2 aromatic rings. The SMILES string of the molecule is CC(C)(C)[C@@](O)(c1cccc(Cl)c1)[C@H](NC(=O)O)c1ccc(Cl)cc1Br. The van der Waals surface area contributed by atoms with E-state index < -0.39 is 23.2 Å². The van der Waals surface area contributed by atoms with E-state index in [1.54, 1.807) is 42.5 Å². The van der Waals surface area contributed by atoms with Crippen molar-refractivity contribution in [2.24, 2.45) is 5.41 Å². The minimum absolute atomic E-state index is 0.453. The van der Waals surface area contributed by atoms with Gasteiger partial charge in [-0.3, -0.25) is 0 Å². The molecule has 0 fully saturated rings. The normalized spacial score (nSPS) is 15.2. The largest absolute Gasteiger partial charge is 0.465 e. The van der Waals surface area contributed by atoms with Gasteiger partial charge >= 0.3 is 6.09 Å². The molecular weight excluding hydrogens is 441 g/mol. The van der Waals surface area contributed by atoms with Gasteiger partial charge in [-0.25, -0.2) is 4.79 Å². The second-order valence-electron chi connectivity index (χ2n) is 7.08. The molecule has 7 heteroatoms. The van der Waals surface area contributed by atoms with E-state index in [1.807, 2.05) is 20.8 Å². The van der Waals surface area contributed by atoms with Crippen LogP contribution in [0.25, 0.3) is 0 Å². The first-order valence-electron chi connectivity index (χ1n) is 7.89. The number of aliphatic hydroxyl groups is 1. The summed E-state index contributed by atoms with van der Waals surface area (Å²) in [6.07, 6.45) is -1.25. The predicted molar refractivity (Wildman–Crippen MR) is 108 cm³/mol. The molecule has 0 bridgehead atoms. The lowest BCUT2D eigenvalue weighted by Gasteiger charge is -2.46. The molecule has 2 rings (SSSR count). The van der Waals surface area contributed by atoms with Gasteiger partial charge in [0.1, 0.15) is 5.60 Å². The van der Waals surface area contributed by atoms with Crippen molar-refractivity contribution in [3.8, 4) is 0 Å². The first kappa shape index (κ1) is 21.0. The molecule has 0 aliphatic rings. The first-order valence-corrected chi connectivity index (χ1v) is 9.44. The van der Waals surface area contributed by atoms with Gasteiger partial charge in [-0.15, -0.1) is 0 Å². The van der Waals surface area contributed by atoms with E-state index in [9.17, 15) is 15.0 Å². The fourth-order valence-electron chi connectivity index (χ4n) is 3.02. The zero-order chi connectivity index (χ0) is 19.7. The van der Waals surface area contributed by atoms with Gasteiger partial charge < -0.3 is 15.5 Å². The number of benzene rings is 2. The maximum Gasteiger partial charge on any atom is 0.405 e. The van der Waals surface area contributed by atoms with Crippen LogP contribution in [0.2, 0.25) is 10.0 Å². The van der Waals surface area contributed by atoms with Crippen LogP contribution in [0.4, 0.5) is 4.79 Å². The number of rotatable bonds is 4. The number of hydrogen-bond donors (Lipinski definition) is 3. The minimum Gasteiger partial charge on any atom is -0.465 e. The Balaban J connectivity index is 2.76. The Hall–Kier alpha value is -1.27. The highest BCUT2D eigenvalue weighted by Gasteiger charge is 2.50. The summed E-state index contributed by atoms with van der Waals surface area (Å²) in [5.41, 5.74) is -1.25. The molecule has 0 aliphatic heterocycles. The van der Waals surface area contributed by atoms with Crippen LogP contribution in [-0.2, 0) is 5.60 Å². The van der Waals surface area contributed by atoms with Crippen LogP contribution in [0.1, 0.15) is 37.9 Å². The summed E-state index contributed by atoms with van der Waals surface area (Å²) >= 11 is 15.6. The van der Waals surface area contributed by atoms with Crippen LogP contribution in [0, 0.1) is 5.41 Å². The van der Waals surface area contributed by atoms with E-state index in [2.05, 4.69) is 21.2 Å². The van der Waals surface area contributed by atoms with Crippen molar-refractivity contribution in [1.29, 1.82) is 0 Å². The lowest BCUT2D eigenvalue weighted by molar-refractivity contribution is -0.0943. The first-order chi connectivity index (χ1) is 12.0. The lowest BCUT2D eigenvalue weighted by atomic mass is 9.66. The summed E-state index contributed by atoms with van der Waals surface area (Å²) in [5.74, 6) is 0. The highest BCUT2D eigenvalue weighted by molar-refractivity contribution is 9.10. The van der Waals surface area contributed by atoms with Gasteiger partial charge in [0.15, 0.2) is 0 Å². The monoisotopic (exact) mass is 459 g/mol. The number of carboxylic acid groups (broad SMARTS) is 1. The third-order valence-corrected chi connectivity index (χ3v) is 5.52. The van der Waals surface area contributed by atoms with Crippen LogP contribution in [0.5, 0.6) is 0 Å². The van der Waals surface area contributed by atoms with Gasteiger partial charge in [0.2, 0.25) is 0 Å². The smallest absolute Gasteiger partial charge is 0.405 e. The minimum atomic E-state index is -1.59. The third-order valence-electron chi connectivity index (χ3n) is 4.37. The second-order valence-corrected chi connectivity index (χ2v) is 8.80. The highest BCUT2D eigenvalue weighted by atomic mass is 79.9. The molecule has 2 atom stereocenters. The average molecular weight is 461 g/mol. The Bertz CT molecular complexity index is 823. The Kier molecular flexibility index (Phi) is 6.28. The zero-order valence-electron chi connectivity index (χ0n) is 14.6. The van der Waals surface area contributed by atoms with E-state index in [1.165, 1.54) is 0 Å². The van der Waals surface area contributed by atoms with E-state index in [0.29, 0.717) is 25.6 Å².